The highest BCUT2D eigenvalue weighted by Crippen LogP contribution is 2.60. The van der Waals surface area contributed by atoms with E-state index in [1.54, 1.807) is 0 Å². The molecule has 2 unspecified atom stereocenters. The summed E-state index contributed by atoms with van der Waals surface area (Å²) in [5, 5.41) is 0. The number of rotatable bonds is 3. The molecule has 1 aliphatic rings. The zero-order valence-corrected chi connectivity index (χ0v) is 14.6. The maximum atomic E-state index is 6.55. The summed E-state index contributed by atoms with van der Waals surface area (Å²) in [6.45, 7) is 6.97. The van der Waals surface area contributed by atoms with E-state index in [9.17, 15) is 0 Å². The van der Waals surface area contributed by atoms with Crippen LogP contribution in [-0.4, -0.2) is 11.7 Å². The monoisotopic (exact) mass is 312 g/mol. The fourth-order valence-electron chi connectivity index (χ4n) is 3.68. The van der Waals surface area contributed by atoms with Crippen molar-refractivity contribution in [3.63, 3.8) is 0 Å². The molecule has 2 aromatic carbocycles. The second-order valence-electron chi connectivity index (χ2n) is 7.03. The standard InChI is InChI=1S/C20H24OS/c1-19(2,3)17-18(22-4)21-20(17,15-11-7-5-8-12-15)16-13-9-6-10-14-16/h5-14,17-18H,1-4H3. The van der Waals surface area contributed by atoms with Gasteiger partial charge in [0.1, 0.15) is 11.0 Å². The molecule has 1 saturated heterocycles. The van der Waals surface area contributed by atoms with Gasteiger partial charge in [-0.3, -0.25) is 0 Å². The Labute approximate surface area is 138 Å². The van der Waals surface area contributed by atoms with Crippen molar-refractivity contribution >= 4 is 11.8 Å². The average molecular weight is 312 g/mol. The van der Waals surface area contributed by atoms with Gasteiger partial charge in [-0.15, -0.1) is 11.8 Å². The summed E-state index contributed by atoms with van der Waals surface area (Å²) < 4.78 is 6.55. The van der Waals surface area contributed by atoms with Gasteiger partial charge in [0.15, 0.2) is 0 Å². The summed E-state index contributed by atoms with van der Waals surface area (Å²) in [5.41, 5.74) is 2.57. The van der Waals surface area contributed by atoms with Crippen LogP contribution in [0.25, 0.3) is 0 Å². The van der Waals surface area contributed by atoms with E-state index in [-0.39, 0.29) is 16.5 Å². The van der Waals surface area contributed by atoms with E-state index >= 15 is 0 Å². The zero-order chi connectivity index (χ0) is 15.8. The van der Waals surface area contributed by atoms with Gasteiger partial charge in [0.2, 0.25) is 0 Å². The van der Waals surface area contributed by atoms with Crippen LogP contribution in [0.2, 0.25) is 0 Å². The van der Waals surface area contributed by atoms with Gasteiger partial charge in [-0.05, 0) is 22.8 Å². The largest absolute Gasteiger partial charge is 0.351 e. The average Bonchev–Trinajstić information content (AvgIpc) is 2.47. The second kappa shape index (κ2) is 5.75. The quantitative estimate of drug-likeness (QED) is 0.759. The molecule has 0 aliphatic carbocycles. The molecule has 2 heteroatoms. The van der Waals surface area contributed by atoms with Crippen LogP contribution >= 0.6 is 11.8 Å². The van der Waals surface area contributed by atoms with Crippen LogP contribution in [0.1, 0.15) is 31.9 Å². The molecule has 1 heterocycles. The van der Waals surface area contributed by atoms with E-state index in [2.05, 4.69) is 87.7 Å². The van der Waals surface area contributed by atoms with E-state index in [4.69, 9.17) is 4.74 Å². The molecule has 0 spiro atoms. The first kappa shape index (κ1) is 15.6. The molecule has 0 aromatic heterocycles. The first-order chi connectivity index (χ1) is 10.5. The van der Waals surface area contributed by atoms with Gasteiger partial charge in [0.05, 0.1) is 0 Å². The zero-order valence-electron chi connectivity index (χ0n) is 13.7. The number of hydrogen-bond donors (Lipinski definition) is 0. The summed E-state index contributed by atoms with van der Waals surface area (Å²) in [5.74, 6) is 0.430. The van der Waals surface area contributed by atoms with E-state index in [0.717, 1.165) is 0 Å². The molecule has 0 saturated carbocycles. The normalized spacial score (nSPS) is 23.8. The van der Waals surface area contributed by atoms with Crippen molar-refractivity contribution in [2.75, 3.05) is 6.26 Å². The van der Waals surface area contributed by atoms with Crippen LogP contribution in [0.4, 0.5) is 0 Å². The Kier molecular flexibility index (Phi) is 4.09. The van der Waals surface area contributed by atoms with Crippen LogP contribution < -0.4 is 0 Å². The summed E-state index contributed by atoms with van der Waals surface area (Å²) >= 11 is 1.82. The van der Waals surface area contributed by atoms with E-state index < -0.39 is 0 Å². The molecule has 2 aromatic rings. The van der Waals surface area contributed by atoms with Gasteiger partial charge in [-0.2, -0.15) is 0 Å². The first-order valence-electron chi connectivity index (χ1n) is 7.82. The molecular weight excluding hydrogens is 288 g/mol. The van der Waals surface area contributed by atoms with Gasteiger partial charge >= 0.3 is 0 Å². The SMILES string of the molecule is CSC1OC(c2ccccc2)(c2ccccc2)C1C(C)(C)C. The van der Waals surface area contributed by atoms with Crippen molar-refractivity contribution in [3.8, 4) is 0 Å². The summed E-state index contributed by atoms with van der Waals surface area (Å²) in [7, 11) is 0. The van der Waals surface area contributed by atoms with Crippen LogP contribution in [-0.2, 0) is 10.3 Å². The van der Waals surface area contributed by atoms with E-state index in [0.29, 0.717) is 5.92 Å². The Hall–Kier alpha value is -1.25. The Morgan fingerprint density at radius 2 is 1.32 bits per heavy atom. The first-order valence-corrected chi connectivity index (χ1v) is 9.10. The van der Waals surface area contributed by atoms with Gasteiger partial charge in [-0.25, -0.2) is 0 Å². The van der Waals surface area contributed by atoms with Crippen LogP contribution in [0.5, 0.6) is 0 Å². The second-order valence-corrected chi connectivity index (χ2v) is 7.97. The molecule has 0 radical (unpaired) electrons. The third-order valence-corrected chi connectivity index (χ3v) is 5.42. The minimum absolute atomic E-state index is 0.164. The van der Waals surface area contributed by atoms with Gasteiger partial charge in [0, 0.05) is 5.92 Å². The van der Waals surface area contributed by atoms with Crippen LogP contribution in [0.3, 0.4) is 0 Å². The fourth-order valence-corrected chi connectivity index (χ4v) is 4.80. The Morgan fingerprint density at radius 1 is 0.864 bits per heavy atom. The molecule has 0 amide bonds. The Balaban J connectivity index is 2.18. The molecule has 0 N–H and O–H groups in total. The van der Waals surface area contributed by atoms with Crippen molar-refractivity contribution in [1.82, 2.24) is 0 Å². The predicted molar refractivity (Wildman–Crippen MR) is 95.0 cm³/mol. The summed E-state index contributed by atoms with van der Waals surface area (Å²) in [6, 6.07) is 21.4. The topological polar surface area (TPSA) is 9.23 Å². The number of thioether (sulfide) groups is 1. The Morgan fingerprint density at radius 3 is 1.68 bits per heavy atom. The molecule has 2 atom stereocenters. The lowest BCUT2D eigenvalue weighted by molar-refractivity contribution is -0.238. The van der Waals surface area contributed by atoms with E-state index in [1.165, 1.54) is 11.1 Å². The molecule has 1 nitrogen and oxygen atoms in total. The maximum Gasteiger partial charge on any atom is 0.126 e. The number of ether oxygens (including phenoxy) is 1. The highest BCUT2D eigenvalue weighted by Gasteiger charge is 2.61. The fraction of sp³-hybridized carbons (Fsp3) is 0.400. The molecule has 3 rings (SSSR count). The van der Waals surface area contributed by atoms with Crippen molar-refractivity contribution in [3.05, 3.63) is 71.8 Å². The van der Waals surface area contributed by atoms with Gasteiger partial charge in [0.25, 0.3) is 0 Å². The maximum absolute atomic E-state index is 6.55. The third kappa shape index (κ3) is 2.39. The highest BCUT2D eigenvalue weighted by molar-refractivity contribution is 7.99. The smallest absolute Gasteiger partial charge is 0.126 e. The van der Waals surface area contributed by atoms with Gasteiger partial charge < -0.3 is 4.74 Å². The highest BCUT2D eigenvalue weighted by atomic mass is 32.2. The molecule has 1 fully saturated rings. The number of benzene rings is 2. The molecule has 0 bridgehead atoms. The summed E-state index contributed by atoms with van der Waals surface area (Å²) in [4.78, 5) is 0. The molecule has 1 aliphatic heterocycles. The van der Waals surface area contributed by atoms with Crippen LogP contribution in [0.15, 0.2) is 60.7 Å². The molecule has 116 valence electrons. The Bertz CT molecular complexity index is 576. The summed E-state index contributed by atoms with van der Waals surface area (Å²) in [6.07, 6.45) is 2.14. The van der Waals surface area contributed by atoms with Crippen molar-refractivity contribution in [1.29, 1.82) is 0 Å². The van der Waals surface area contributed by atoms with Crippen molar-refractivity contribution in [2.24, 2.45) is 11.3 Å². The van der Waals surface area contributed by atoms with Crippen LogP contribution in [0, 0.1) is 11.3 Å². The molecule has 22 heavy (non-hydrogen) atoms. The minimum Gasteiger partial charge on any atom is -0.351 e. The van der Waals surface area contributed by atoms with Gasteiger partial charge in [-0.1, -0.05) is 81.4 Å². The predicted octanol–water partition coefficient (Wildman–Crippen LogP) is 5.31. The lowest BCUT2D eigenvalue weighted by atomic mass is 9.62. The number of hydrogen-bond acceptors (Lipinski definition) is 2. The minimum atomic E-state index is -0.339. The lowest BCUT2D eigenvalue weighted by Crippen LogP contribution is -2.61. The van der Waals surface area contributed by atoms with Crippen molar-refractivity contribution < 1.29 is 4.74 Å². The lowest BCUT2D eigenvalue weighted by Gasteiger charge is -2.59. The third-order valence-electron chi connectivity index (χ3n) is 4.58. The van der Waals surface area contributed by atoms with Crippen molar-refractivity contribution in [2.45, 2.75) is 31.8 Å². The molecular formula is C20H24OS. The van der Waals surface area contributed by atoms with E-state index in [1.807, 2.05) is 11.8 Å².